The largest absolute Gasteiger partial charge is 0.497 e. The molecule has 0 aliphatic heterocycles. The molecule has 0 bridgehead atoms. The summed E-state index contributed by atoms with van der Waals surface area (Å²) in [5, 5.41) is 1.86. The maximum atomic E-state index is 13.3. The van der Waals surface area contributed by atoms with Gasteiger partial charge in [-0.15, -0.1) is 0 Å². The number of rotatable bonds is 8. The minimum absolute atomic E-state index is 0.0181. The smallest absolute Gasteiger partial charge is 0.223 e. The van der Waals surface area contributed by atoms with Gasteiger partial charge in [-0.05, 0) is 59.9 Å². The van der Waals surface area contributed by atoms with E-state index >= 15 is 0 Å². The predicted octanol–water partition coefficient (Wildman–Crippen LogP) is 4.27. The quantitative estimate of drug-likeness (QED) is 0.517. The van der Waals surface area contributed by atoms with Gasteiger partial charge in [0.25, 0.3) is 0 Å². The van der Waals surface area contributed by atoms with E-state index in [1.807, 2.05) is 24.3 Å². The number of benzene rings is 3. The number of nitrogens with one attached hydrogen (secondary N) is 1. The fourth-order valence-corrected chi connectivity index (χ4v) is 5.55. The molecule has 3 aromatic rings. The summed E-state index contributed by atoms with van der Waals surface area (Å²) >= 11 is 0. The first-order chi connectivity index (χ1) is 15.4. The number of sulfone groups is 1. The number of halogens is 1. The molecule has 0 radical (unpaired) electrons. The van der Waals surface area contributed by atoms with Crippen molar-refractivity contribution < 1.29 is 22.3 Å². The first kappa shape index (κ1) is 22.0. The zero-order valence-corrected chi connectivity index (χ0v) is 18.4. The van der Waals surface area contributed by atoms with Gasteiger partial charge in [0.1, 0.15) is 16.8 Å². The van der Waals surface area contributed by atoms with Crippen molar-refractivity contribution >= 4 is 15.7 Å². The fourth-order valence-electron chi connectivity index (χ4n) is 3.89. The van der Waals surface area contributed by atoms with Gasteiger partial charge in [0.2, 0.25) is 5.91 Å². The van der Waals surface area contributed by atoms with Gasteiger partial charge in [-0.25, -0.2) is 12.8 Å². The summed E-state index contributed by atoms with van der Waals surface area (Å²) in [6.45, 7) is -0.0611. The lowest BCUT2D eigenvalue weighted by Crippen LogP contribution is -2.33. The second kappa shape index (κ2) is 9.12. The molecule has 1 N–H and O–H groups in total. The Balaban J connectivity index is 1.48. The molecule has 4 rings (SSSR count). The lowest BCUT2D eigenvalue weighted by atomic mass is 10.1. The highest BCUT2D eigenvalue weighted by atomic mass is 32.2. The van der Waals surface area contributed by atoms with Crippen LogP contribution in [0.2, 0.25) is 0 Å². The molecule has 3 aromatic carbocycles. The van der Waals surface area contributed by atoms with Crippen LogP contribution in [-0.2, 0) is 14.6 Å². The topological polar surface area (TPSA) is 72.5 Å². The van der Waals surface area contributed by atoms with Crippen molar-refractivity contribution in [2.75, 3.05) is 13.7 Å². The summed E-state index contributed by atoms with van der Waals surface area (Å²) in [7, 11) is -2.24. The summed E-state index contributed by atoms with van der Waals surface area (Å²) < 4.78 is 45.1. The van der Waals surface area contributed by atoms with Crippen LogP contribution >= 0.6 is 0 Å². The normalized spacial score (nSPS) is 18.6. The number of methoxy groups -OCH3 is 1. The second-order valence-corrected chi connectivity index (χ2v) is 10.00. The summed E-state index contributed by atoms with van der Waals surface area (Å²) in [5.74, 6) is 0.0121. The Kier molecular flexibility index (Phi) is 6.28. The van der Waals surface area contributed by atoms with Gasteiger partial charge in [0, 0.05) is 12.5 Å². The predicted molar refractivity (Wildman–Crippen MR) is 120 cm³/mol. The van der Waals surface area contributed by atoms with E-state index in [-0.39, 0.29) is 29.2 Å². The molecule has 1 amide bonds. The minimum Gasteiger partial charge on any atom is -0.497 e. The van der Waals surface area contributed by atoms with Crippen molar-refractivity contribution in [1.29, 1.82) is 0 Å². The molecule has 1 aliphatic carbocycles. The van der Waals surface area contributed by atoms with Gasteiger partial charge < -0.3 is 10.1 Å². The van der Waals surface area contributed by atoms with Crippen molar-refractivity contribution in [2.45, 2.75) is 22.5 Å². The van der Waals surface area contributed by atoms with E-state index in [0.717, 1.165) is 29.9 Å². The summed E-state index contributed by atoms with van der Waals surface area (Å²) in [6, 6.07) is 21.1. The highest BCUT2D eigenvalue weighted by molar-refractivity contribution is 7.91. The number of ether oxygens (including phenoxy) is 1. The van der Waals surface area contributed by atoms with Crippen LogP contribution in [0, 0.1) is 11.7 Å². The van der Waals surface area contributed by atoms with E-state index in [4.69, 9.17) is 4.74 Å². The molecule has 0 heterocycles. The van der Waals surface area contributed by atoms with Crippen molar-refractivity contribution in [3.63, 3.8) is 0 Å². The van der Waals surface area contributed by atoms with Crippen molar-refractivity contribution in [3.05, 3.63) is 95.8 Å². The first-order valence-electron chi connectivity index (χ1n) is 10.4. The molecule has 3 unspecified atom stereocenters. The number of carbonyl (C=O) groups excluding carboxylic acids is 1. The molecule has 166 valence electrons. The lowest BCUT2D eigenvalue weighted by Gasteiger charge is -2.19. The molecule has 5 nitrogen and oxygen atoms in total. The van der Waals surface area contributed by atoms with Gasteiger partial charge in [0.05, 0.1) is 12.0 Å². The van der Waals surface area contributed by atoms with Crippen LogP contribution < -0.4 is 10.1 Å². The van der Waals surface area contributed by atoms with E-state index in [0.29, 0.717) is 5.56 Å². The van der Waals surface area contributed by atoms with Gasteiger partial charge in [-0.1, -0.05) is 42.5 Å². The minimum atomic E-state index is -3.84. The van der Waals surface area contributed by atoms with Crippen LogP contribution in [0.3, 0.4) is 0 Å². The number of amides is 1. The number of hydrogen-bond donors (Lipinski definition) is 1. The Bertz CT molecular complexity index is 1180. The van der Waals surface area contributed by atoms with Gasteiger partial charge in [-0.3, -0.25) is 4.79 Å². The van der Waals surface area contributed by atoms with Crippen LogP contribution in [0.1, 0.15) is 28.7 Å². The van der Waals surface area contributed by atoms with E-state index in [1.165, 1.54) is 12.1 Å². The highest BCUT2D eigenvalue weighted by Crippen LogP contribution is 2.47. The Morgan fingerprint density at radius 1 is 1.03 bits per heavy atom. The molecule has 3 atom stereocenters. The SMILES string of the molecule is COc1ccc(C2CC2C(=O)NCC(c2ccccc2)S(=O)(=O)c2ccc(F)cc2)cc1. The van der Waals surface area contributed by atoms with Crippen LogP contribution in [0.15, 0.2) is 83.8 Å². The maximum Gasteiger partial charge on any atom is 0.223 e. The Morgan fingerprint density at radius 3 is 2.31 bits per heavy atom. The van der Waals surface area contributed by atoms with Crippen LogP contribution in [0.4, 0.5) is 4.39 Å². The van der Waals surface area contributed by atoms with Gasteiger partial charge in [0.15, 0.2) is 9.84 Å². The van der Waals surface area contributed by atoms with E-state index in [1.54, 1.807) is 37.4 Å². The Labute approximate surface area is 187 Å². The number of hydrogen-bond acceptors (Lipinski definition) is 4. The first-order valence-corrected chi connectivity index (χ1v) is 11.9. The third-order valence-corrected chi connectivity index (χ3v) is 7.94. The van der Waals surface area contributed by atoms with E-state index < -0.39 is 20.9 Å². The van der Waals surface area contributed by atoms with E-state index in [2.05, 4.69) is 5.32 Å². The van der Waals surface area contributed by atoms with E-state index in [9.17, 15) is 17.6 Å². The average Bonchev–Trinajstić information content (AvgIpc) is 3.61. The van der Waals surface area contributed by atoms with Gasteiger partial charge in [-0.2, -0.15) is 0 Å². The van der Waals surface area contributed by atoms with Crippen molar-refractivity contribution in [1.82, 2.24) is 5.32 Å². The third-order valence-electron chi connectivity index (χ3n) is 5.82. The molecule has 1 saturated carbocycles. The van der Waals surface area contributed by atoms with Crippen LogP contribution in [0.25, 0.3) is 0 Å². The molecule has 1 fully saturated rings. The summed E-state index contributed by atoms with van der Waals surface area (Å²) in [5.41, 5.74) is 1.63. The highest BCUT2D eigenvalue weighted by Gasteiger charge is 2.44. The van der Waals surface area contributed by atoms with Crippen LogP contribution in [-0.4, -0.2) is 28.0 Å². The maximum absolute atomic E-state index is 13.3. The Hall–Kier alpha value is -3.19. The Morgan fingerprint density at radius 2 is 1.69 bits per heavy atom. The molecule has 7 heteroatoms. The van der Waals surface area contributed by atoms with Crippen molar-refractivity contribution in [2.24, 2.45) is 5.92 Å². The van der Waals surface area contributed by atoms with Gasteiger partial charge >= 0.3 is 0 Å². The zero-order chi connectivity index (χ0) is 22.7. The second-order valence-electron chi connectivity index (χ2n) is 7.87. The molecule has 0 spiro atoms. The number of carbonyl (C=O) groups is 1. The molecule has 0 saturated heterocycles. The summed E-state index contributed by atoms with van der Waals surface area (Å²) in [6.07, 6.45) is 0.721. The molecular formula is C25H24FNO4S. The standard InChI is InChI=1S/C25H24FNO4S/c1-31-20-11-7-17(8-12-20)22-15-23(22)25(28)27-16-24(18-5-3-2-4-6-18)32(29,30)21-13-9-19(26)10-14-21/h2-14,22-24H,15-16H2,1H3,(H,27,28). The lowest BCUT2D eigenvalue weighted by molar-refractivity contribution is -0.122. The molecule has 0 aromatic heterocycles. The molecule has 32 heavy (non-hydrogen) atoms. The average molecular weight is 454 g/mol. The van der Waals surface area contributed by atoms with Crippen molar-refractivity contribution in [3.8, 4) is 5.75 Å². The molecule has 1 aliphatic rings. The zero-order valence-electron chi connectivity index (χ0n) is 17.6. The third kappa shape index (κ3) is 4.67. The monoisotopic (exact) mass is 453 g/mol. The summed E-state index contributed by atoms with van der Waals surface area (Å²) in [4.78, 5) is 12.8. The molecular weight excluding hydrogens is 429 g/mol. The van der Waals surface area contributed by atoms with Crippen LogP contribution in [0.5, 0.6) is 5.75 Å². The fraction of sp³-hybridized carbons (Fsp3) is 0.240.